The van der Waals surface area contributed by atoms with Crippen molar-refractivity contribution in [2.24, 2.45) is 11.8 Å². The number of rotatable bonds is 3. The summed E-state index contributed by atoms with van der Waals surface area (Å²) < 4.78 is 27.9. The maximum absolute atomic E-state index is 13.2. The third-order valence-electron chi connectivity index (χ3n) is 7.32. The molecule has 0 saturated carbocycles. The first kappa shape index (κ1) is 22.1. The maximum Gasteiger partial charge on any atom is 0.319 e. The Morgan fingerprint density at radius 2 is 1.87 bits per heavy atom. The molecule has 1 aromatic carbocycles. The molecule has 0 N–H and O–H groups in total. The van der Waals surface area contributed by atoms with E-state index >= 15 is 0 Å². The number of nitrogens with zero attached hydrogens (tertiary/aromatic N) is 4. The van der Waals surface area contributed by atoms with Gasteiger partial charge in [0.2, 0.25) is 15.9 Å². The van der Waals surface area contributed by atoms with Gasteiger partial charge in [-0.15, -0.1) is 0 Å². The van der Waals surface area contributed by atoms with Crippen LogP contribution in [0.15, 0.2) is 29.2 Å². The van der Waals surface area contributed by atoms with Crippen LogP contribution in [-0.4, -0.2) is 91.7 Å². The van der Waals surface area contributed by atoms with Gasteiger partial charge in [-0.1, -0.05) is 12.1 Å². The maximum atomic E-state index is 13.2. The van der Waals surface area contributed by atoms with Crippen molar-refractivity contribution >= 4 is 22.0 Å². The molecule has 0 bridgehead atoms. The number of fused-ring (bicyclic) bond motifs is 2. The van der Waals surface area contributed by atoms with E-state index in [0.29, 0.717) is 50.5 Å². The van der Waals surface area contributed by atoms with Gasteiger partial charge in [0.25, 0.3) is 0 Å². The molecule has 4 rings (SSSR count). The fraction of sp³-hybridized carbons (Fsp3) is 0.636. The van der Waals surface area contributed by atoms with Crippen LogP contribution >= 0.6 is 0 Å². The Morgan fingerprint density at radius 3 is 2.45 bits per heavy atom. The highest BCUT2D eigenvalue weighted by Gasteiger charge is 2.62. The molecule has 1 spiro atoms. The first-order valence-electron chi connectivity index (χ1n) is 11.0. The molecule has 2 atom stereocenters. The summed E-state index contributed by atoms with van der Waals surface area (Å²) in [5.74, 6) is -0.0343. The molecule has 31 heavy (non-hydrogen) atoms. The fourth-order valence-electron chi connectivity index (χ4n) is 5.81. The van der Waals surface area contributed by atoms with Gasteiger partial charge in [0.1, 0.15) is 0 Å². The molecule has 9 heteroatoms. The topological polar surface area (TPSA) is 81.2 Å². The van der Waals surface area contributed by atoms with E-state index in [1.54, 1.807) is 46.4 Å². The zero-order valence-corrected chi connectivity index (χ0v) is 19.6. The highest BCUT2D eigenvalue weighted by Crippen LogP contribution is 2.50. The molecule has 8 nitrogen and oxygen atoms in total. The molecular formula is C22H32N4O4S. The summed E-state index contributed by atoms with van der Waals surface area (Å²) in [5.41, 5.74) is 0.531. The van der Waals surface area contributed by atoms with Crippen LogP contribution in [0, 0.1) is 18.8 Å². The summed E-state index contributed by atoms with van der Waals surface area (Å²) in [6, 6.07) is 6.92. The Kier molecular flexibility index (Phi) is 5.54. The average molecular weight is 449 g/mol. The lowest BCUT2D eigenvalue weighted by atomic mass is 9.75. The lowest BCUT2D eigenvalue weighted by Gasteiger charge is -2.47. The van der Waals surface area contributed by atoms with Crippen LogP contribution in [0.1, 0.15) is 25.3 Å². The smallest absolute Gasteiger partial charge is 0.319 e. The van der Waals surface area contributed by atoms with Gasteiger partial charge < -0.3 is 14.7 Å². The molecule has 1 aromatic rings. The lowest BCUT2D eigenvalue weighted by molar-refractivity contribution is -0.134. The van der Waals surface area contributed by atoms with Gasteiger partial charge in [0, 0.05) is 52.7 Å². The fourth-order valence-corrected chi connectivity index (χ4v) is 7.35. The number of carbonyl (C=O) groups is 2. The van der Waals surface area contributed by atoms with Gasteiger partial charge in [-0.3, -0.25) is 4.79 Å². The average Bonchev–Trinajstić information content (AvgIpc) is 3.26. The SMILES string of the molecule is CCN1C(=O)[C@@H]2CN(C(=O)N(C)C)C[C@@H]2C12CCN(S(=O)(=O)c1cccc(C)c1)CC2. The second-order valence-electron chi connectivity index (χ2n) is 9.20. The van der Waals surface area contributed by atoms with Gasteiger partial charge in [-0.25, -0.2) is 13.2 Å². The van der Waals surface area contributed by atoms with Gasteiger partial charge in [0.15, 0.2) is 0 Å². The summed E-state index contributed by atoms with van der Waals surface area (Å²) in [5, 5.41) is 0. The van der Waals surface area contributed by atoms with E-state index in [1.165, 1.54) is 0 Å². The first-order valence-corrected chi connectivity index (χ1v) is 12.4. The van der Waals surface area contributed by atoms with Crippen LogP contribution < -0.4 is 0 Å². The van der Waals surface area contributed by atoms with Crippen molar-refractivity contribution in [2.75, 3.05) is 46.8 Å². The molecule has 3 amide bonds. The summed E-state index contributed by atoms with van der Waals surface area (Å²) in [7, 11) is -0.121. The molecule has 3 saturated heterocycles. The molecule has 0 unspecified atom stereocenters. The number of aryl methyl sites for hydroxylation is 1. The van der Waals surface area contributed by atoms with Crippen molar-refractivity contribution in [2.45, 2.75) is 37.1 Å². The van der Waals surface area contributed by atoms with Gasteiger partial charge >= 0.3 is 6.03 Å². The molecule has 3 aliphatic rings. The number of carbonyl (C=O) groups excluding carboxylic acids is 2. The molecule has 0 aromatic heterocycles. The number of sulfonamides is 1. The second-order valence-corrected chi connectivity index (χ2v) is 11.1. The second kappa shape index (κ2) is 7.78. The standard InChI is InChI=1S/C22H32N4O4S/c1-5-26-20(27)18-14-24(21(28)23(3)4)15-19(18)22(26)9-11-25(12-10-22)31(29,30)17-8-6-7-16(2)13-17/h6-8,13,18-19H,5,9-12,14-15H2,1-4H3/t18-,19+/m1/s1. The Morgan fingerprint density at radius 1 is 1.19 bits per heavy atom. The Bertz CT molecular complexity index is 985. The Labute approximate surface area is 184 Å². The first-order chi connectivity index (χ1) is 14.6. The van der Waals surface area contributed by atoms with Crippen LogP contribution in [0.25, 0.3) is 0 Å². The number of urea groups is 1. The largest absolute Gasteiger partial charge is 0.337 e. The van der Waals surface area contributed by atoms with Crippen molar-refractivity contribution in [3.63, 3.8) is 0 Å². The molecule has 3 heterocycles. The third-order valence-corrected chi connectivity index (χ3v) is 9.21. The number of benzene rings is 1. The summed E-state index contributed by atoms with van der Waals surface area (Å²) in [4.78, 5) is 31.3. The van der Waals surface area contributed by atoms with Crippen LogP contribution in [-0.2, 0) is 14.8 Å². The zero-order chi connectivity index (χ0) is 22.6. The van der Waals surface area contributed by atoms with Gasteiger partial charge in [-0.2, -0.15) is 4.31 Å². The monoisotopic (exact) mass is 448 g/mol. The molecule has 0 aliphatic carbocycles. The van der Waals surface area contributed by atoms with E-state index in [0.717, 1.165) is 5.56 Å². The van der Waals surface area contributed by atoms with E-state index in [-0.39, 0.29) is 29.3 Å². The highest BCUT2D eigenvalue weighted by molar-refractivity contribution is 7.89. The minimum atomic E-state index is -3.57. The molecule has 3 aliphatic heterocycles. The number of hydrogen-bond acceptors (Lipinski definition) is 4. The number of hydrogen-bond donors (Lipinski definition) is 0. The van der Waals surface area contributed by atoms with E-state index in [1.807, 2.05) is 24.8 Å². The predicted molar refractivity (Wildman–Crippen MR) is 117 cm³/mol. The number of amides is 3. The van der Waals surface area contributed by atoms with Gasteiger partial charge in [0.05, 0.1) is 16.4 Å². The van der Waals surface area contributed by atoms with E-state index in [2.05, 4.69) is 0 Å². The van der Waals surface area contributed by atoms with Crippen molar-refractivity contribution in [3.8, 4) is 0 Å². The van der Waals surface area contributed by atoms with Crippen LogP contribution in [0.5, 0.6) is 0 Å². The van der Waals surface area contributed by atoms with Crippen molar-refractivity contribution in [1.82, 2.24) is 19.0 Å². The van der Waals surface area contributed by atoms with Crippen molar-refractivity contribution in [3.05, 3.63) is 29.8 Å². The number of piperidine rings is 1. The van der Waals surface area contributed by atoms with Crippen LogP contribution in [0.4, 0.5) is 4.79 Å². The molecule has 3 fully saturated rings. The minimum absolute atomic E-state index is 0.0488. The van der Waals surface area contributed by atoms with E-state index in [4.69, 9.17) is 0 Å². The normalized spacial score (nSPS) is 25.9. The lowest BCUT2D eigenvalue weighted by Crippen LogP contribution is -2.58. The summed E-state index contributed by atoms with van der Waals surface area (Å²) in [6.45, 7) is 6.24. The third kappa shape index (κ3) is 3.42. The van der Waals surface area contributed by atoms with Crippen molar-refractivity contribution in [1.29, 1.82) is 0 Å². The van der Waals surface area contributed by atoms with Crippen LogP contribution in [0.3, 0.4) is 0 Å². The Hall–Kier alpha value is -2.13. The minimum Gasteiger partial charge on any atom is -0.337 e. The van der Waals surface area contributed by atoms with Crippen LogP contribution in [0.2, 0.25) is 0 Å². The zero-order valence-electron chi connectivity index (χ0n) is 18.7. The van der Waals surface area contributed by atoms with E-state index in [9.17, 15) is 18.0 Å². The number of likely N-dealkylation sites (tertiary alicyclic amines) is 2. The van der Waals surface area contributed by atoms with Gasteiger partial charge in [-0.05, 0) is 44.4 Å². The quantitative estimate of drug-likeness (QED) is 0.704. The molecule has 0 radical (unpaired) electrons. The summed E-state index contributed by atoms with van der Waals surface area (Å²) >= 11 is 0. The predicted octanol–water partition coefficient (Wildman–Crippen LogP) is 1.61. The molecule has 170 valence electrons. The van der Waals surface area contributed by atoms with E-state index < -0.39 is 10.0 Å². The highest BCUT2D eigenvalue weighted by atomic mass is 32.2. The summed E-state index contributed by atoms with van der Waals surface area (Å²) in [6.07, 6.45) is 1.20. The Balaban J connectivity index is 1.57. The molecular weight excluding hydrogens is 416 g/mol. The van der Waals surface area contributed by atoms with Crippen molar-refractivity contribution < 1.29 is 18.0 Å².